The minimum Gasteiger partial charge on any atom is -0.508 e. The zero-order valence-corrected chi connectivity index (χ0v) is 21.9. The Hall–Kier alpha value is -4.44. The number of aliphatic imine (C=N–C) groups is 1. The SMILES string of the molecule is C[C@@H](O)[C@H](NC(=O)[C@@H](Cc1ccc(O)cc1)NC(=O)[C@H](CCCN=C(N)N)NC(=O)[C@@H](N)CCC(=O)O)C(=O)O. The van der Waals surface area contributed by atoms with Crippen molar-refractivity contribution < 1.29 is 44.4 Å². The number of nitrogens with zero attached hydrogens (tertiary/aromatic N) is 1. The van der Waals surface area contributed by atoms with E-state index in [0.717, 1.165) is 0 Å². The van der Waals surface area contributed by atoms with Gasteiger partial charge in [-0.05, 0) is 43.9 Å². The molecule has 0 saturated heterocycles. The Kier molecular flexibility index (Phi) is 13.9. The van der Waals surface area contributed by atoms with E-state index in [-0.39, 0.29) is 50.4 Å². The van der Waals surface area contributed by atoms with Gasteiger partial charge in [-0.25, -0.2) is 4.79 Å². The average Bonchev–Trinajstić information content (AvgIpc) is 2.87. The van der Waals surface area contributed by atoms with Crippen molar-refractivity contribution >= 4 is 35.6 Å². The van der Waals surface area contributed by atoms with Crippen molar-refractivity contribution in [3.05, 3.63) is 29.8 Å². The number of benzene rings is 1. The molecule has 0 aromatic heterocycles. The summed E-state index contributed by atoms with van der Waals surface area (Å²) in [5, 5.41) is 44.6. The molecule has 16 heteroatoms. The molecule has 0 heterocycles. The predicted octanol–water partition coefficient (Wildman–Crippen LogP) is -2.90. The molecule has 0 fully saturated rings. The molecule has 0 saturated carbocycles. The lowest BCUT2D eigenvalue weighted by Gasteiger charge is -2.26. The Morgan fingerprint density at radius 3 is 2.00 bits per heavy atom. The first-order valence-electron chi connectivity index (χ1n) is 12.3. The zero-order chi connectivity index (χ0) is 30.4. The van der Waals surface area contributed by atoms with Crippen molar-refractivity contribution in [2.45, 2.75) is 69.3 Å². The van der Waals surface area contributed by atoms with Gasteiger partial charge in [-0.3, -0.25) is 24.2 Å². The van der Waals surface area contributed by atoms with E-state index in [2.05, 4.69) is 20.9 Å². The largest absolute Gasteiger partial charge is 0.508 e. The number of carbonyl (C=O) groups excluding carboxylic acids is 3. The van der Waals surface area contributed by atoms with Crippen LogP contribution in [-0.4, -0.2) is 92.9 Å². The molecule has 222 valence electrons. The quantitative estimate of drug-likeness (QED) is 0.0515. The van der Waals surface area contributed by atoms with Gasteiger partial charge in [0.15, 0.2) is 12.0 Å². The molecule has 0 bridgehead atoms. The number of carboxylic acid groups (broad SMARTS) is 2. The molecule has 0 aliphatic carbocycles. The second-order valence-electron chi connectivity index (χ2n) is 9.05. The summed E-state index contributed by atoms with van der Waals surface area (Å²) < 4.78 is 0. The molecule has 1 aromatic carbocycles. The highest BCUT2D eigenvalue weighted by atomic mass is 16.4. The number of guanidine groups is 1. The topological polar surface area (TPSA) is 293 Å². The summed E-state index contributed by atoms with van der Waals surface area (Å²) in [7, 11) is 0. The van der Waals surface area contributed by atoms with Crippen LogP contribution in [0.4, 0.5) is 0 Å². The molecule has 0 radical (unpaired) electrons. The van der Waals surface area contributed by atoms with Gasteiger partial charge in [0.2, 0.25) is 17.7 Å². The van der Waals surface area contributed by atoms with E-state index >= 15 is 0 Å². The molecule has 1 rings (SSSR count). The number of nitrogens with one attached hydrogen (secondary N) is 3. The Balaban J connectivity index is 3.18. The van der Waals surface area contributed by atoms with Crippen molar-refractivity contribution in [2.75, 3.05) is 6.54 Å². The number of aliphatic carboxylic acids is 2. The first-order chi connectivity index (χ1) is 18.7. The predicted molar refractivity (Wildman–Crippen MR) is 142 cm³/mol. The maximum absolute atomic E-state index is 13.3. The van der Waals surface area contributed by atoms with Crippen molar-refractivity contribution in [1.82, 2.24) is 16.0 Å². The maximum Gasteiger partial charge on any atom is 0.328 e. The molecule has 3 amide bonds. The standard InChI is InChI=1S/C24H37N7O9/c1-12(32)19(23(39)40)31-22(38)17(11-13-4-6-14(33)7-5-13)30-21(37)16(3-2-10-28-24(26)27)29-20(36)15(25)8-9-18(34)35/h4-7,12,15-17,19,32-33H,2-3,8-11,25H2,1H3,(H,29,36)(H,30,37)(H,31,38)(H,34,35)(H,39,40)(H4,26,27,28)/t12-,15+,16+,17-,19+/m1/s1. The monoisotopic (exact) mass is 567 g/mol. The van der Waals surface area contributed by atoms with E-state index in [4.69, 9.17) is 22.3 Å². The van der Waals surface area contributed by atoms with Crippen LogP contribution in [0.3, 0.4) is 0 Å². The minimum atomic E-state index is -1.67. The van der Waals surface area contributed by atoms with Crippen molar-refractivity contribution in [3.8, 4) is 5.75 Å². The summed E-state index contributed by atoms with van der Waals surface area (Å²) in [6, 6.07) is 0.162. The Morgan fingerprint density at radius 1 is 0.900 bits per heavy atom. The fourth-order valence-corrected chi connectivity index (χ4v) is 3.45. The van der Waals surface area contributed by atoms with E-state index in [1.165, 1.54) is 31.2 Å². The summed E-state index contributed by atoms with van der Waals surface area (Å²) in [6.07, 6.45) is -1.94. The van der Waals surface area contributed by atoms with Gasteiger partial charge in [-0.15, -0.1) is 0 Å². The molecule has 16 nitrogen and oxygen atoms in total. The van der Waals surface area contributed by atoms with E-state index < -0.39 is 59.9 Å². The van der Waals surface area contributed by atoms with Crippen LogP contribution < -0.4 is 33.2 Å². The number of hydrogen-bond acceptors (Lipinski definition) is 9. The molecular weight excluding hydrogens is 530 g/mol. The van der Waals surface area contributed by atoms with Gasteiger partial charge in [0, 0.05) is 19.4 Å². The molecule has 13 N–H and O–H groups in total. The molecule has 40 heavy (non-hydrogen) atoms. The Morgan fingerprint density at radius 2 is 1.48 bits per heavy atom. The summed E-state index contributed by atoms with van der Waals surface area (Å²) in [4.78, 5) is 65.0. The molecular formula is C24H37N7O9. The summed E-state index contributed by atoms with van der Waals surface area (Å²) in [5.41, 5.74) is 16.9. The van der Waals surface area contributed by atoms with Gasteiger partial charge in [0.05, 0.1) is 12.1 Å². The smallest absolute Gasteiger partial charge is 0.328 e. The van der Waals surface area contributed by atoms with E-state index in [1.54, 1.807) is 0 Å². The number of carboxylic acids is 2. The van der Waals surface area contributed by atoms with Crippen LogP contribution in [0.25, 0.3) is 0 Å². The van der Waals surface area contributed by atoms with Crippen LogP contribution >= 0.6 is 0 Å². The minimum absolute atomic E-state index is 0.00101. The third-order valence-corrected chi connectivity index (χ3v) is 5.64. The third-order valence-electron chi connectivity index (χ3n) is 5.64. The molecule has 1 aromatic rings. The summed E-state index contributed by atoms with van der Waals surface area (Å²) >= 11 is 0. The fraction of sp³-hybridized carbons (Fsp3) is 0.500. The van der Waals surface area contributed by atoms with Crippen molar-refractivity contribution in [3.63, 3.8) is 0 Å². The lowest BCUT2D eigenvalue weighted by molar-refractivity contribution is -0.145. The first kappa shape index (κ1) is 33.6. The number of aliphatic hydroxyl groups is 1. The normalized spacial score (nSPS) is 14.5. The summed E-state index contributed by atoms with van der Waals surface area (Å²) in [6.45, 7) is 1.28. The molecule has 0 aliphatic heterocycles. The number of hydrogen-bond donors (Lipinski definition) is 10. The maximum atomic E-state index is 13.3. The van der Waals surface area contributed by atoms with Crippen LogP contribution in [0, 0.1) is 0 Å². The van der Waals surface area contributed by atoms with Crippen molar-refractivity contribution in [1.29, 1.82) is 0 Å². The molecule has 0 spiro atoms. The fourth-order valence-electron chi connectivity index (χ4n) is 3.45. The number of aliphatic hydroxyl groups excluding tert-OH is 1. The first-order valence-corrected chi connectivity index (χ1v) is 12.3. The lowest BCUT2D eigenvalue weighted by atomic mass is 10.0. The summed E-state index contributed by atoms with van der Waals surface area (Å²) in [5.74, 6) is -5.45. The van der Waals surface area contributed by atoms with Gasteiger partial charge in [0.1, 0.15) is 17.8 Å². The zero-order valence-electron chi connectivity index (χ0n) is 21.9. The number of carbonyl (C=O) groups is 5. The van der Waals surface area contributed by atoms with Crippen LogP contribution in [0.1, 0.15) is 38.2 Å². The van der Waals surface area contributed by atoms with Crippen LogP contribution in [-0.2, 0) is 30.4 Å². The number of rotatable bonds is 17. The highest BCUT2D eigenvalue weighted by Gasteiger charge is 2.32. The van der Waals surface area contributed by atoms with Gasteiger partial charge in [-0.1, -0.05) is 12.1 Å². The van der Waals surface area contributed by atoms with Crippen LogP contribution in [0.2, 0.25) is 0 Å². The molecule has 0 aliphatic rings. The second-order valence-corrected chi connectivity index (χ2v) is 9.05. The average molecular weight is 568 g/mol. The molecule has 5 atom stereocenters. The van der Waals surface area contributed by atoms with Gasteiger partial charge < -0.3 is 53.6 Å². The number of amides is 3. The van der Waals surface area contributed by atoms with Crippen LogP contribution in [0.5, 0.6) is 5.75 Å². The highest BCUT2D eigenvalue weighted by Crippen LogP contribution is 2.12. The lowest BCUT2D eigenvalue weighted by Crippen LogP contribution is -2.58. The second kappa shape index (κ2) is 16.5. The Labute approximate surface area is 230 Å². The van der Waals surface area contributed by atoms with E-state index in [1.807, 2.05) is 0 Å². The number of nitrogens with two attached hydrogens (primary N) is 3. The number of phenolic OH excluding ortho intramolecular Hbond substituents is 1. The van der Waals surface area contributed by atoms with E-state index in [0.29, 0.717) is 5.56 Å². The third kappa shape index (κ3) is 12.4. The van der Waals surface area contributed by atoms with Gasteiger partial charge >= 0.3 is 11.9 Å². The highest BCUT2D eigenvalue weighted by molar-refractivity contribution is 5.94. The van der Waals surface area contributed by atoms with E-state index in [9.17, 15) is 39.3 Å². The van der Waals surface area contributed by atoms with Gasteiger partial charge in [0.25, 0.3) is 0 Å². The number of phenols is 1. The Bertz CT molecular complexity index is 1060. The molecule has 0 unspecified atom stereocenters. The van der Waals surface area contributed by atoms with Crippen molar-refractivity contribution in [2.24, 2.45) is 22.2 Å². The number of aromatic hydroxyl groups is 1. The van der Waals surface area contributed by atoms with Crippen LogP contribution in [0.15, 0.2) is 29.3 Å². The van der Waals surface area contributed by atoms with Gasteiger partial charge in [-0.2, -0.15) is 0 Å².